The van der Waals surface area contributed by atoms with Gasteiger partial charge in [0, 0.05) is 22.2 Å². The van der Waals surface area contributed by atoms with Gasteiger partial charge in [0.15, 0.2) is 0 Å². The molecule has 3 aromatic rings. The van der Waals surface area contributed by atoms with Crippen LogP contribution < -0.4 is 5.43 Å². The molecule has 0 saturated carbocycles. The lowest BCUT2D eigenvalue weighted by Gasteiger charge is -2.05. The molecule has 0 aliphatic carbocycles. The normalized spacial score (nSPS) is 12.6. The Bertz CT molecular complexity index is 902. The molecule has 0 fully saturated rings. The van der Waals surface area contributed by atoms with Gasteiger partial charge in [-0.3, -0.25) is 4.79 Å². The monoisotopic (exact) mass is 356 g/mol. The van der Waals surface area contributed by atoms with E-state index in [0.29, 0.717) is 9.90 Å². The third kappa shape index (κ3) is 3.50. The van der Waals surface area contributed by atoms with Crippen LogP contribution in [-0.2, 0) is 0 Å². The Morgan fingerprint density at radius 1 is 1.25 bits per heavy atom. The molecule has 1 atom stereocenters. The number of benzene rings is 2. The number of amides is 1. The number of hydrogen-bond donors (Lipinski definition) is 1. The van der Waals surface area contributed by atoms with E-state index in [1.54, 1.807) is 6.21 Å². The maximum atomic E-state index is 12.3. The zero-order chi connectivity index (χ0) is 17.1. The lowest BCUT2D eigenvalue weighted by Crippen LogP contribution is -2.17. The molecular weight excluding hydrogens is 340 g/mol. The summed E-state index contributed by atoms with van der Waals surface area (Å²) in [4.78, 5) is 12.8. The highest BCUT2D eigenvalue weighted by Crippen LogP contribution is 2.35. The standard InChI is InChI=1S/C19H17ClN2OS/c1-12-8-9-15-16(10-12)24-18(17(15)20)19(23)22-21-11-13(2)14-6-4-3-5-7-14/h3-11,13H,1-2H3,(H,22,23). The minimum absolute atomic E-state index is 0.118. The average molecular weight is 357 g/mol. The summed E-state index contributed by atoms with van der Waals surface area (Å²) in [6, 6.07) is 16.0. The predicted molar refractivity (Wildman–Crippen MR) is 102 cm³/mol. The number of carbonyl (C=O) groups excluding carboxylic acids is 1. The van der Waals surface area contributed by atoms with Gasteiger partial charge in [-0.25, -0.2) is 5.43 Å². The van der Waals surface area contributed by atoms with E-state index in [1.165, 1.54) is 11.3 Å². The van der Waals surface area contributed by atoms with Crippen molar-refractivity contribution in [2.45, 2.75) is 19.8 Å². The molecule has 2 aromatic carbocycles. The molecule has 0 radical (unpaired) electrons. The number of halogens is 1. The van der Waals surface area contributed by atoms with Crippen molar-refractivity contribution in [1.82, 2.24) is 5.43 Å². The van der Waals surface area contributed by atoms with Crippen molar-refractivity contribution < 1.29 is 4.79 Å². The number of aryl methyl sites for hydroxylation is 1. The summed E-state index contributed by atoms with van der Waals surface area (Å²) in [6.45, 7) is 4.04. The molecule has 122 valence electrons. The zero-order valence-electron chi connectivity index (χ0n) is 13.4. The molecule has 0 spiro atoms. The van der Waals surface area contributed by atoms with Gasteiger partial charge in [-0.05, 0) is 24.1 Å². The first-order valence-electron chi connectivity index (χ1n) is 7.63. The fourth-order valence-electron chi connectivity index (χ4n) is 2.42. The van der Waals surface area contributed by atoms with Crippen LogP contribution in [0.2, 0.25) is 5.02 Å². The fourth-order valence-corrected chi connectivity index (χ4v) is 3.92. The van der Waals surface area contributed by atoms with Crippen LogP contribution in [0.15, 0.2) is 53.6 Å². The van der Waals surface area contributed by atoms with Crippen LogP contribution in [0, 0.1) is 6.92 Å². The van der Waals surface area contributed by atoms with E-state index in [4.69, 9.17) is 11.6 Å². The first-order chi connectivity index (χ1) is 11.6. The highest BCUT2D eigenvalue weighted by Gasteiger charge is 2.16. The molecular formula is C19H17ClN2OS. The van der Waals surface area contributed by atoms with Gasteiger partial charge in [0.25, 0.3) is 5.91 Å². The Balaban J connectivity index is 1.73. The number of fused-ring (bicyclic) bond motifs is 1. The van der Waals surface area contributed by atoms with Crippen LogP contribution >= 0.6 is 22.9 Å². The maximum absolute atomic E-state index is 12.3. The minimum atomic E-state index is -0.282. The second kappa shape index (κ2) is 7.16. The zero-order valence-corrected chi connectivity index (χ0v) is 15.0. The second-order valence-corrected chi connectivity index (χ2v) is 7.09. The lowest BCUT2D eigenvalue weighted by atomic mass is 10.0. The maximum Gasteiger partial charge on any atom is 0.282 e. The summed E-state index contributed by atoms with van der Waals surface area (Å²) in [5.41, 5.74) is 4.86. The third-order valence-electron chi connectivity index (χ3n) is 3.78. The molecule has 5 heteroatoms. The summed E-state index contributed by atoms with van der Waals surface area (Å²) in [7, 11) is 0. The highest BCUT2D eigenvalue weighted by molar-refractivity contribution is 7.21. The Morgan fingerprint density at radius 3 is 2.75 bits per heavy atom. The van der Waals surface area contributed by atoms with Gasteiger partial charge in [0.05, 0.1) is 5.02 Å². The minimum Gasteiger partial charge on any atom is -0.266 e. The first-order valence-corrected chi connectivity index (χ1v) is 8.83. The Morgan fingerprint density at radius 2 is 2.00 bits per heavy atom. The van der Waals surface area contributed by atoms with Crippen LogP contribution in [0.25, 0.3) is 10.1 Å². The molecule has 0 aliphatic heterocycles. The van der Waals surface area contributed by atoms with E-state index in [1.807, 2.05) is 62.4 Å². The number of thiophene rings is 1. The van der Waals surface area contributed by atoms with E-state index >= 15 is 0 Å². The van der Waals surface area contributed by atoms with Gasteiger partial charge in [-0.15, -0.1) is 11.3 Å². The van der Waals surface area contributed by atoms with Crippen LogP contribution in [0.4, 0.5) is 0 Å². The van der Waals surface area contributed by atoms with Crippen LogP contribution in [0.5, 0.6) is 0 Å². The molecule has 0 bridgehead atoms. The summed E-state index contributed by atoms with van der Waals surface area (Å²) in [5.74, 6) is -0.164. The quantitative estimate of drug-likeness (QED) is 0.494. The van der Waals surface area contributed by atoms with Gasteiger partial charge >= 0.3 is 0 Å². The Hall–Kier alpha value is -2.17. The van der Waals surface area contributed by atoms with E-state index in [9.17, 15) is 4.79 Å². The average Bonchev–Trinajstić information content (AvgIpc) is 2.91. The second-order valence-electron chi connectivity index (χ2n) is 5.66. The Labute approximate surface area is 150 Å². The molecule has 3 nitrogen and oxygen atoms in total. The van der Waals surface area contributed by atoms with Gasteiger partial charge in [0.1, 0.15) is 4.88 Å². The molecule has 1 amide bonds. The number of nitrogens with one attached hydrogen (secondary N) is 1. The summed E-state index contributed by atoms with van der Waals surface area (Å²) in [6.07, 6.45) is 1.72. The van der Waals surface area contributed by atoms with E-state index in [2.05, 4.69) is 10.5 Å². The van der Waals surface area contributed by atoms with Crippen molar-refractivity contribution >= 4 is 45.1 Å². The third-order valence-corrected chi connectivity index (χ3v) is 5.44. The van der Waals surface area contributed by atoms with Crippen molar-refractivity contribution in [2.75, 3.05) is 0 Å². The van der Waals surface area contributed by atoms with Crippen molar-refractivity contribution in [1.29, 1.82) is 0 Å². The summed E-state index contributed by atoms with van der Waals surface area (Å²) in [5, 5.41) is 5.46. The van der Waals surface area contributed by atoms with Crippen molar-refractivity contribution in [3.63, 3.8) is 0 Å². The van der Waals surface area contributed by atoms with Crippen LogP contribution in [-0.4, -0.2) is 12.1 Å². The lowest BCUT2D eigenvalue weighted by molar-refractivity contribution is 0.0959. The topological polar surface area (TPSA) is 41.5 Å². The van der Waals surface area contributed by atoms with E-state index in [0.717, 1.165) is 21.2 Å². The van der Waals surface area contributed by atoms with Gasteiger partial charge in [0.2, 0.25) is 0 Å². The Kier molecular flexibility index (Phi) is 4.97. The number of carbonyl (C=O) groups is 1. The van der Waals surface area contributed by atoms with Crippen LogP contribution in [0.3, 0.4) is 0 Å². The molecule has 1 aromatic heterocycles. The number of nitrogens with zero attached hydrogens (tertiary/aromatic N) is 1. The highest BCUT2D eigenvalue weighted by atomic mass is 35.5. The van der Waals surface area contributed by atoms with Gasteiger partial charge in [-0.1, -0.05) is 61.0 Å². The van der Waals surface area contributed by atoms with Crippen LogP contribution in [0.1, 0.15) is 33.6 Å². The van der Waals surface area contributed by atoms with Gasteiger partial charge in [-0.2, -0.15) is 5.10 Å². The first kappa shape index (κ1) is 16.7. The smallest absolute Gasteiger partial charge is 0.266 e. The molecule has 0 aliphatic rings. The fraction of sp³-hybridized carbons (Fsp3) is 0.158. The molecule has 0 saturated heterocycles. The predicted octanol–water partition coefficient (Wildman–Crippen LogP) is 5.38. The molecule has 3 rings (SSSR count). The van der Waals surface area contributed by atoms with Gasteiger partial charge < -0.3 is 0 Å². The molecule has 24 heavy (non-hydrogen) atoms. The van der Waals surface area contributed by atoms with Crippen molar-refractivity contribution in [3.8, 4) is 0 Å². The number of hydrazone groups is 1. The van der Waals surface area contributed by atoms with Crippen molar-refractivity contribution in [3.05, 3.63) is 69.6 Å². The van der Waals surface area contributed by atoms with E-state index < -0.39 is 0 Å². The summed E-state index contributed by atoms with van der Waals surface area (Å²) >= 11 is 7.72. The SMILES string of the molecule is Cc1ccc2c(Cl)c(C(=O)NN=CC(C)c3ccccc3)sc2c1. The number of hydrogen-bond acceptors (Lipinski definition) is 3. The molecule has 1 N–H and O–H groups in total. The largest absolute Gasteiger partial charge is 0.282 e. The van der Waals surface area contributed by atoms with E-state index in [-0.39, 0.29) is 11.8 Å². The summed E-state index contributed by atoms with van der Waals surface area (Å²) < 4.78 is 1.01. The number of rotatable bonds is 4. The molecule has 1 heterocycles. The van der Waals surface area contributed by atoms with Crippen molar-refractivity contribution in [2.24, 2.45) is 5.10 Å². The molecule has 1 unspecified atom stereocenters.